The van der Waals surface area contributed by atoms with Gasteiger partial charge >= 0.3 is 0 Å². The Kier molecular flexibility index (Phi) is 3.51. The highest BCUT2D eigenvalue weighted by Gasteiger charge is 2.32. The largest absolute Gasteiger partial charge is 0.464 e. The van der Waals surface area contributed by atoms with E-state index >= 15 is 0 Å². The maximum Gasteiger partial charge on any atom is 0.196 e. The molecule has 3 rings (SSSR count). The summed E-state index contributed by atoms with van der Waals surface area (Å²) in [4.78, 5) is 1.16. The molecule has 1 unspecified atom stereocenters. The average Bonchev–Trinajstić information content (AvgIpc) is 3.16. The minimum Gasteiger partial charge on any atom is -0.464 e. The predicted molar refractivity (Wildman–Crippen MR) is 82.2 cm³/mol. The molecule has 20 heavy (non-hydrogen) atoms. The molecule has 0 aliphatic heterocycles. The van der Waals surface area contributed by atoms with Crippen molar-refractivity contribution < 1.29 is 9.15 Å². The molecule has 0 radical (unpaired) electrons. The van der Waals surface area contributed by atoms with Crippen LogP contribution in [0.3, 0.4) is 0 Å². The summed E-state index contributed by atoms with van der Waals surface area (Å²) in [6.07, 6.45) is 2.51. The summed E-state index contributed by atoms with van der Waals surface area (Å²) in [6.45, 7) is 2.11. The van der Waals surface area contributed by atoms with Gasteiger partial charge in [0.2, 0.25) is 0 Å². The molecule has 0 aliphatic rings. The topological polar surface area (TPSA) is 34.4 Å². The smallest absolute Gasteiger partial charge is 0.196 e. The minimum atomic E-state index is -0.519. The third kappa shape index (κ3) is 2.11. The molecule has 4 heteroatoms. The first-order valence-electron chi connectivity index (χ1n) is 6.67. The predicted octanol–water partition coefficient (Wildman–Crippen LogP) is 4.36. The van der Waals surface area contributed by atoms with E-state index < -0.39 is 5.72 Å². The van der Waals surface area contributed by atoms with Crippen molar-refractivity contribution in [1.29, 1.82) is 0 Å². The molecule has 2 aromatic heterocycles. The number of ether oxygens (including phenoxy) is 1. The second-order valence-corrected chi connectivity index (χ2v) is 5.55. The summed E-state index contributed by atoms with van der Waals surface area (Å²) in [5.74, 6) is 0.761. The van der Waals surface area contributed by atoms with Crippen LogP contribution in [0.4, 0.5) is 0 Å². The Morgan fingerprint density at radius 3 is 2.85 bits per heavy atom. The van der Waals surface area contributed by atoms with Crippen molar-refractivity contribution in [1.82, 2.24) is 5.32 Å². The summed E-state index contributed by atoms with van der Waals surface area (Å²) >= 11 is 1.69. The Balaban J connectivity index is 2.04. The summed E-state index contributed by atoms with van der Waals surface area (Å²) in [5, 5.41) is 6.43. The summed E-state index contributed by atoms with van der Waals surface area (Å²) in [5.41, 5.74) is 0.270. The summed E-state index contributed by atoms with van der Waals surface area (Å²) < 4.78 is 11.9. The van der Waals surface area contributed by atoms with Gasteiger partial charge in [0.15, 0.2) is 17.1 Å². The lowest BCUT2D eigenvalue weighted by atomic mass is 10.1. The number of thiophene rings is 1. The van der Waals surface area contributed by atoms with Crippen LogP contribution in [0.5, 0.6) is 5.75 Å². The van der Waals surface area contributed by atoms with Crippen molar-refractivity contribution in [3.8, 4) is 5.75 Å². The molecule has 0 amide bonds. The van der Waals surface area contributed by atoms with Crippen LogP contribution >= 0.6 is 11.3 Å². The van der Waals surface area contributed by atoms with Gasteiger partial charge in [-0.2, -0.15) is 0 Å². The molecule has 0 saturated carbocycles. The Hall–Kier alpha value is -1.78. The molecule has 0 saturated heterocycles. The first-order valence-corrected chi connectivity index (χ1v) is 7.55. The van der Waals surface area contributed by atoms with Gasteiger partial charge < -0.3 is 9.15 Å². The van der Waals surface area contributed by atoms with Gasteiger partial charge in [0.1, 0.15) is 0 Å². The zero-order chi connectivity index (χ0) is 14.0. The molecule has 0 bridgehead atoms. The Morgan fingerprint density at radius 2 is 2.15 bits per heavy atom. The van der Waals surface area contributed by atoms with Crippen molar-refractivity contribution >= 4 is 22.3 Å². The van der Waals surface area contributed by atoms with Gasteiger partial charge in [0.25, 0.3) is 0 Å². The van der Waals surface area contributed by atoms with Crippen LogP contribution in [0.25, 0.3) is 11.0 Å². The van der Waals surface area contributed by atoms with E-state index in [1.165, 1.54) is 0 Å². The van der Waals surface area contributed by atoms with Gasteiger partial charge in [0.05, 0.1) is 11.1 Å². The second-order valence-electron chi connectivity index (χ2n) is 4.61. The number of benzene rings is 1. The van der Waals surface area contributed by atoms with Crippen molar-refractivity contribution in [2.24, 2.45) is 0 Å². The molecular formula is C16H17NO2S. The number of nitrogens with one attached hydrogen (secondary N) is 1. The fourth-order valence-corrected chi connectivity index (χ4v) is 3.33. The van der Waals surface area contributed by atoms with E-state index in [0.717, 1.165) is 28.0 Å². The number of rotatable bonds is 5. The van der Waals surface area contributed by atoms with E-state index in [4.69, 9.17) is 9.15 Å². The standard InChI is InChI=1S/C16H17NO2S/c1-3-16(17-2,14-8-5-11-20-14)19-13-7-4-6-12-9-10-18-15(12)13/h4-11,17H,3H2,1-2H3. The zero-order valence-corrected chi connectivity index (χ0v) is 12.4. The van der Waals surface area contributed by atoms with E-state index in [1.54, 1.807) is 17.6 Å². The maximum atomic E-state index is 6.32. The van der Waals surface area contributed by atoms with Crippen LogP contribution in [0, 0.1) is 0 Å². The fraction of sp³-hybridized carbons (Fsp3) is 0.250. The SMILES string of the molecule is CCC(NC)(Oc1cccc2ccoc12)c1cccs1. The molecule has 0 spiro atoms. The fourth-order valence-electron chi connectivity index (χ4n) is 2.39. The minimum absolute atomic E-state index is 0.519. The molecule has 0 fully saturated rings. The molecule has 2 heterocycles. The molecule has 104 valence electrons. The Bertz CT molecular complexity index is 683. The first-order chi connectivity index (χ1) is 9.79. The normalized spacial score (nSPS) is 14.3. The highest BCUT2D eigenvalue weighted by Crippen LogP contribution is 2.35. The van der Waals surface area contributed by atoms with E-state index in [1.807, 2.05) is 37.4 Å². The van der Waals surface area contributed by atoms with Crippen molar-refractivity contribution in [2.75, 3.05) is 7.05 Å². The van der Waals surface area contributed by atoms with Crippen LogP contribution < -0.4 is 10.1 Å². The third-order valence-corrected chi connectivity index (χ3v) is 4.56. The van der Waals surface area contributed by atoms with Crippen molar-refractivity contribution in [3.05, 3.63) is 52.9 Å². The van der Waals surface area contributed by atoms with Crippen molar-refractivity contribution in [3.63, 3.8) is 0 Å². The molecule has 3 nitrogen and oxygen atoms in total. The second kappa shape index (κ2) is 5.31. The number of para-hydroxylation sites is 1. The van der Waals surface area contributed by atoms with Gasteiger partial charge in [0, 0.05) is 11.8 Å². The maximum absolute atomic E-state index is 6.32. The van der Waals surface area contributed by atoms with Crippen LogP contribution in [-0.2, 0) is 5.72 Å². The monoisotopic (exact) mass is 287 g/mol. The quantitative estimate of drug-likeness (QED) is 0.708. The van der Waals surface area contributed by atoms with E-state index in [2.05, 4.69) is 23.7 Å². The average molecular weight is 287 g/mol. The number of hydrogen-bond acceptors (Lipinski definition) is 4. The molecule has 1 N–H and O–H groups in total. The Morgan fingerprint density at radius 1 is 1.25 bits per heavy atom. The van der Waals surface area contributed by atoms with Gasteiger partial charge in [-0.15, -0.1) is 11.3 Å². The molecule has 0 aliphatic carbocycles. The van der Waals surface area contributed by atoms with Crippen LogP contribution in [0.15, 0.2) is 52.5 Å². The Labute approximate surface area is 122 Å². The number of hydrogen-bond donors (Lipinski definition) is 1. The lowest BCUT2D eigenvalue weighted by Crippen LogP contribution is -2.44. The lowest BCUT2D eigenvalue weighted by Gasteiger charge is -2.32. The first kappa shape index (κ1) is 13.2. The van der Waals surface area contributed by atoms with Crippen LogP contribution in [0.1, 0.15) is 18.2 Å². The summed E-state index contributed by atoms with van der Waals surface area (Å²) in [7, 11) is 1.92. The lowest BCUT2D eigenvalue weighted by molar-refractivity contribution is 0.0370. The van der Waals surface area contributed by atoms with E-state index in [-0.39, 0.29) is 0 Å². The number of furan rings is 1. The molecule has 1 aromatic carbocycles. The molecule has 1 atom stereocenters. The van der Waals surface area contributed by atoms with Crippen LogP contribution in [0.2, 0.25) is 0 Å². The van der Waals surface area contributed by atoms with Crippen LogP contribution in [-0.4, -0.2) is 7.05 Å². The van der Waals surface area contributed by atoms with Gasteiger partial charge in [-0.3, -0.25) is 5.32 Å². The highest BCUT2D eigenvalue weighted by atomic mass is 32.1. The molecule has 3 aromatic rings. The highest BCUT2D eigenvalue weighted by molar-refractivity contribution is 7.10. The molecular weight excluding hydrogens is 270 g/mol. The summed E-state index contributed by atoms with van der Waals surface area (Å²) in [6, 6.07) is 12.0. The third-order valence-electron chi connectivity index (χ3n) is 3.55. The van der Waals surface area contributed by atoms with Gasteiger partial charge in [-0.25, -0.2) is 0 Å². The van der Waals surface area contributed by atoms with E-state index in [0.29, 0.717) is 0 Å². The van der Waals surface area contributed by atoms with E-state index in [9.17, 15) is 0 Å². The van der Waals surface area contributed by atoms with Gasteiger partial charge in [-0.05, 0) is 30.6 Å². The zero-order valence-electron chi connectivity index (χ0n) is 11.6. The number of fused-ring (bicyclic) bond motifs is 1. The van der Waals surface area contributed by atoms with Gasteiger partial charge in [-0.1, -0.05) is 25.1 Å². The van der Waals surface area contributed by atoms with Crippen molar-refractivity contribution in [2.45, 2.75) is 19.1 Å².